The molecule has 2 aromatic carbocycles. The number of halogens is 1. The first-order valence-corrected chi connectivity index (χ1v) is 7.82. The number of amides is 1. The third kappa shape index (κ3) is 3.55. The molecular formula is C19H15ClN2O2. The Labute approximate surface area is 144 Å². The van der Waals surface area contributed by atoms with Crippen molar-refractivity contribution < 1.29 is 4.79 Å². The van der Waals surface area contributed by atoms with Gasteiger partial charge in [-0.1, -0.05) is 48.0 Å². The van der Waals surface area contributed by atoms with Gasteiger partial charge >= 0.3 is 0 Å². The number of carbonyl (C=O) groups excluding carboxylic acids is 1. The highest BCUT2D eigenvalue weighted by atomic mass is 35.5. The summed E-state index contributed by atoms with van der Waals surface area (Å²) in [5, 5.41) is 3.31. The van der Waals surface area contributed by atoms with Gasteiger partial charge in [-0.3, -0.25) is 9.59 Å². The first-order valence-electron chi connectivity index (χ1n) is 7.44. The molecule has 1 heterocycles. The van der Waals surface area contributed by atoms with E-state index < -0.39 is 5.91 Å². The zero-order valence-corrected chi connectivity index (χ0v) is 13.5. The Balaban J connectivity index is 1.87. The van der Waals surface area contributed by atoms with Crippen LogP contribution in [0.5, 0.6) is 0 Å². The highest BCUT2D eigenvalue weighted by Gasteiger charge is 2.13. The lowest BCUT2D eigenvalue weighted by Crippen LogP contribution is -2.29. The molecule has 0 aliphatic carbocycles. The molecule has 1 amide bonds. The molecule has 4 nitrogen and oxygen atoms in total. The first-order chi connectivity index (χ1) is 11.6. The van der Waals surface area contributed by atoms with Crippen molar-refractivity contribution in [3.8, 4) is 0 Å². The lowest BCUT2D eigenvalue weighted by molar-refractivity contribution is 0.102. The summed E-state index contributed by atoms with van der Waals surface area (Å²) in [6, 6.07) is 19.5. The predicted molar refractivity (Wildman–Crippen MR) is 95.7 cm³/mol. The van der Waals surface area contributed by atoms with Crippen molar-refractivity contribution in [1.82, 2.24) is 4.57 Å². The molecule has 0 aliphatic rings. The number of anilines is 1. The molecule has 24 heavy (non-hydrogen) atoms. The lowest BCUT2D eigenvalue weighted by Gasteiger charge is -2.10. The molecule has 0 bridgehead atoms. The molecule has 0 saturated heterocycles. The minimum Gasteiger partial charge on any atom is -0.322 e. The SMILES string of the molecule is O=C(Nc1ccccc1)c1cccn(Cc2ccccc2Cl)c1=O. The van der Waals surface area contributed by atoms with Crippen LogP contribution in [-0.2, 0) is 6.54 Å². The van der Waals surface area contributed by atoms with Crippen LogP contribution in [0.2, 0.25) is 5.02 Å². The maximum Gasteiger partial charge on any atom is 0.263 e. The summed E-state index contributed by atoms with van der Waals surface area (Å²) in [7, 11) is 0. The minimum absolute atomic E-state index is 0.0911. The zero-order valence-electron chi connectivity index (χ0n) is 12.8. The molecule has 0 radical (unpaired) electrons. The predicted octanol–water partition coefficient (Wildman–Crippen LogP) is 3.80. The Morgan fingerprint density at radius 3 is 2.42 bits per heavy atom. The number of rotatable bonds is 4. The molecule has 1 N–H and O–H groups in total. The highest BCUT2D eigenvalue weighted by molar-refractivity contribution is 6.31. The average Bonchev–Trinajstić information content (AvgIpc) is 2.59. The molecule has 3 aromatic rings. The Bertz CT molecular complexity index is 920. The summed E-state index contributed by atoms with van der Waals surface area (Å²) in [6.45, 7) is 0.310. The van der Waals surface area contributed by atoms with Gasteiger partial charge in [0.25, 0.3) is 11.5 Å². The number of nitrogens with one attached hydrogen (secondary N) is 1. The van der Waals surface area contributed by atoms with Crippen LogP contribution in [0.3, 0.4) is 0 Å². The van der Waals surface area contributed by atoms with Crippen molar-refractivity contribution in [2.24, 2.45) is 0 Å². The van der Waals surface area contributed by atoms with E-state index in [1.165, 1.54) is 10.6 Å². The fourth-order valence-electron chi connectivity index (χ4n) is 2.36. The molecule has 3 rings (SSSR count). The quantitative estimate of drug-likeness (QED) is 0.786. The summed E-state index contributed by atoms with van der Waals surface area (Å²) in [6.07, 6.45) is 1.64. The van der Waals surface area contributed by atoms with Crippen molar-refractivity contribution in [2.45, 2.75) is 6.54 Å². The van der Waals surface area contributed by atoms with Gasteiger partial charge in [0.15, 0.2) is 0 Å². The number of hydrogen-bond acceptors (Lipinski definition) is 2. The van der Waals surface area contributed by atoms with E-state index in [0.717, 1.165) is 5.56 Å². The van der Waals surface area contributed by atoms with Gasteiger partial charge in [-0.25, -0.2) is 0 Å². The molecule has 0 atom stereocenters. The summed E-state index contributed by atoms with van der Waals surface area (Å²) < 4.78 is 1.47. The van der Waals surface area contributed by atoms with Crippen LogP contribution in [0.1, 0.15) is 15.9 Å². The molecule has 120 valence electrons. The first kappa shape index (κ1) is 16.0. The standard InChI is InChI=1S/C19H15ClN2O2/c20-17-11-5-4-7-14(17)13-22-12-6-10-16(19(22)24)18(23)21-15-8-2-1-3-9-15/h1-12H,13H2,(H,21,23). The van der Waals surface area contributed by atoms with Gasteiger partial charge in [0, 0.05) is 16.9 Å². The monoisotopic (exact) mass is 338 g/mol. The second-order valence-electron chi connectivity index (χ2n) is 5.27. The van der Waals surface area contributed by atoms with Crippen LogP contribution in [0.25, 0.3) is 0 Å². The molecule has 5 heteroatoms. The lowest BCUT2D eigenvalue weighted by atomic mass is 10.2. The zero-order chi connectivity index (χ0) is 16.9. The molecule has 1 aromatic heterocycles. The summed E-state index contributed by atoms with van der Waals surface area (Å²) >= 11 is 6.14. The normalized spacial score (nSPS) is 10.4. The van der Waals surface area contributed by atoms with E-state index in [1.54, 1.807) is 30.5 Å². The van der Waals surface area contributed by atoms with Crippen LogP contribution < -0.4 is 10.9 Å². The van der Waals surface area contributed by atoms with Gasteiger partial charge in [-0.15, -0.1) is 0 Å². The highest BCUT2D eigenvalue weighted by Crippen LogP contribution is 2.15. The summed E-state index contributed by atoms with van der Waals surface area (Å²) in [5.74, 6) is -0.431. The summed E-state index contributed by atoms with van der Waals surface area (Å²) in [4.78, 5) is 24.9. The van der Waals surface area contributed by atoms with Crippen molar-refractivity contribution in [1.29, 1.82) is 0 Å². The van der Waals surface area contributed by atoms with Crippen LogP contribution in [-0.4, -0.2) is 10.5 Å². The van der Waals surface area contributed by atoms with Crippen molar-refractivity contribution in [2.75, 3.05) is 5.32 Å². The van der Waals surface area contributed by atoms with Gasteiger partial charge < -0.3 is 9.88 Å². The summed E-state index contributed by atoms with van der Waals surface area (Å²) in [5.41, 5.74) is 1.20. The number of pyridine rings is 1. The maximum absolute atomic E-state index is 12.6. The second-order valence-corrected chi connectivity index (χ2v) is 5.67. The Hall–Kier alpha value is -2.85. The van der Waals surface area contributed by atoms with E-state index in [1.807, 2.05) is 36.4 Å². The van der Waals surface area contributed by atoms with E-state index in [4.69, 9.17) is 11.6 Å². The van der Waals surface area contributed by atoms with E-state index in [0.29, 0.717) is 17.3 Å². The number of aromatic nitrogens is 1. The molecule has 0 unspecified atom stereocenters. The van der Waals surface area contributed by atoms with Gasteiger partial charge in [0.05, 0.1) is 6.54 Å². The van der Waals surface area contributed by atoms with Crippen LogP contribution in [0.4, 0.5) is 5.69 Å². The van der Waals surface area contributed by atoms with Gasteiger partial charge in [-0.2, -0.15) is 0 Å². The third-order valence-corrected chi connectivity index (χ3v) is 3.96. The Kier molecular flexibility index (Phi) is 4.77. The van der Waals surface area contributed by atoms with Crippen LogP contribution in [0, 0.1) is 0 Å². The smallest absolute Gasteiger partial charge is 0.263 e. The van der Waals surface area contributed by atoms with Crippen molar-refractivity contribution in [3.05, 3.63) is 99.4 Å². The minimum atomic E-state index is -0.431. The van der Waals surface area contributed by atoms with Gasteiger partial charge in [-0.05, 0) is 35.9 Å². The van der Waals surface area contributed by atoms with Crippen molar-refractivity contribution >= 4 is 23.2 Å². The average molecular weight is 339 g/mol. The fraction of sp³-hybridized carbons (Fsp3) is 0.0526. The fourth-order valence-corrected chi connectivity index (χ4v) is 2.56. The number of carbonyl (C=O) groups is 1. The third-order valence-electron chi connectivity index (χ3n) is 3.59. The second kappa shape index (κ2) is 7.15. The van der Waals surface area contributed by atoms with Crippen molar-refractivity contribution in [3.63, 3.8) is 0 Å². The number of nitrogens with zero attached hydrogens (tertiary/aromatic N) is 1. The largest absolute Gasteiger partial charge is 0.322 e. The maximum atomic E-state index is 12.6. The molecule has 0 saturated carbocycles. The number of hydrogen-bond donors (Lipinski definition) is 1. The molecule has 0 aliphatic heterocycles. The molecule has 0 fully saturated rings. The Morgan fingerprint density at radius 1 is 0.958 bits per heavy atom. The van der Waals surface area contributed by atoms with E-state index in [9.17, 15) is 9.59 Å². The number of benzene rings is 2. The topological polar surface area (TPSA) is 51.1 Å². The van der Waals surface area contributed by atoms with E-state index in [-0.39, 0.29) is 11.1 Å². The van der Waals surface area contributed by atoms with Crippen LogP contribution in [0.15, 0.2) is 77.7 Å². The number of para-hydroxylation sites is 1. The Morgan fingerprint density at radius 2 is 1.67 bits per heavy atom. The van der Waals surface area contributed by atoms with E-state index >= 15 is 0 Å². The van der Waals surface area contributed by atoms with E-state index in [2.05, 4.69) is 5.32 Å². The van der Waals surface area contributed by atoms with Gasteiger partial charge in [0.1, 0.15) is 5.56 Å². The van der Waals surface area contributed by atoms with Crippen LogP contribution >= 0.6 is 11.6 Å². The van der Waals surface area contributed by atoms with Gasteiger partial charge in [0.2, 0.25) is 0 Å². The molecular weight excluding hydrogens is 324 g/mol. The molecule has 0 spiro atoms.